The van der Waals surface area contributed by atoms with E-state index in [4.69, 9.17) is 5.73 Å². The molecule has 4 heteroatoms. The molecule has 0 bridgehead atoms. The summed E-state index contributed by atoms with van der Waals surface area (Å²) in [5, 5.41) is 0. The maximum absolute atomic E-state index is 12.8. The molecule has 1 heterocycles. The molecule has 4 nitrogen and oxygen atoms in total. The number of amides is 1. The van der Waals surface area contributed by atoms with Crippen molar-refractivity contribution in [3.8, 4) is 0 Å². The Kier molecular flexibility index (Phi) is 4.07. The highest BCUT2D eigenvalue weighted by Gasteiger charge is 2.19. The first-order valence-corrected chi connectivity index (χ1v) is 7.13. The second-order valence-corrected chi connectivity index (χ2v) is 5.87. The molecule has 1 amide bonds. The summed E-state index contributed by atoms with van der Waals surface area (Å²) < 4.78 is 1.91. The Morgan fingerprint density at radius 3 is 2.24 bits per heavy atom. The normalized spacial score (nSPS) is 11.0. The lowest BCUT2D eigenvalue weighted by atomic mass is 10.1. The van der Waals surface area contributed by atoms with Crippen LogP contribution >= 0.6 is 0 Å². The van der Waals surface area contributed by atoms with Gasteiger partial charge in [-0.15, -0.1) is 0 Å². The summed E-state index contributed by atoms with van der Waals surface area (Å²) >= 11 is 0. The van der Waals surface area contributed by atoms with Gasteiger partial charge in [0.05, 0.1) is 5.69 Å². The van der Waals surface area contributed by atoms with E-state index >= 15 is 0 Å². The van der Waals surface area contributed by atoms with Gasteiger partial charge < -0.3 is 15.2 Å². The summed E-state index contributed by atoms with van der Waals surface area (Å²) in [4.78, 5) is 14.4. The van der Waals surface area contributed by atoms with Gasteiger partial charge in [0, 0.05) is 25.0 Å². The zero-order valence-electron chi connectivity index (χ0n) is 13.3. The molecule has 0 unspecified atom stereocenters. The van der Waals surface area contributed by atoms with Crippen molar-refractivity contribution >= 4 is 17.3 Å². The van der Waals surface area contributed by atoms with Crippen molar-refractivity contribution < 1.29 is 4.79 Å². The van der Waals surface area contributed by atoms with Crippen molar-refractivity contribution in [3.63, 3.8) is 0 Å². The zero-order valence-corrected chi connectivity index (χ0v) is 13.3. The number of carbonyl (C=O) groups excluding carboxylic acids is 1. The quantitative estimate of drug-likeness (QED) is 0.937. The number of aromatic nitrogens is 1. The zero-order chi connectivity index (χ0) is 15.7. The molecule has 2 rings (SSSR count). The van der Waals surface area contributed by atoms with Gasteiger partial charge in [0.25, 0.3) is 5.91 Å². The molecule has 0 aliphatic carbocycles. The molecule has 0 aliphatic rings. The largest absolute Gasteiger partial charge is 0.397 e. The minimum absolute atomic E-state index is 0.0506. The fraction of sp³-hybridized carbons (Fsp3) is 0.353. The number of nitrogens with zero attached hydrogens (tertiary/aromatic N) is 2. The summed E-state index contributed by atoms with van der Waals surface area (Å²) in [7, 11) is 1.80. The number of benzene rings is 1. The Bertz CT molecular complexity index is 650. The molecule has 0 fully saturated rings. The van der Waals surface area contributed by atoms with Gasteiger partial charge in [0.1, 0.15) is 5.69 Å². The standard InChI is InChI=1S/C17H23N3O/c1-11(2)20-10-14(18)9-16(20)17(21)19(5)15-7-12(3)6-13(4)8-15/h6-11H,18H2,1-5H3. The molecule has 1 aromatic carbocycles. The van der Waals surface area contributed by atoms with Crippen molar-refractivity contribution in [2.75, 3.05) is 17.7 Å². The molecular weight excluding hydrogens is 262 g/mol. The molecule has 0 saturated heterocycles. The van der Waals surface area contributed by atoms with Gasteiger partial charge in [0.2, 0.25) is 0 Å². The number of nitrogens with two attached hydrogens (primary N) is 1. The maximum atomic E-state index is 12.8. The fourth-order valence-corrected chi connectivity index (χ4v) is 2.53. The highest BCUT2D eigenvalue weighted by atomic mass is 16.2. The van der Waals surface area contributed by atoms with Crippen LogP contribution < -0.4 is 10.6 Å². The lowest BCUT2D eigenvalue weighted by molar-refractivity contribution is 0.0982. The van der Waals surface area contributed by atoms with Crippen LogP contribution in [0.2, 0.25) is 0 Å². The van der Waals surface area contributed by atoms with Crippen LogP contribution in [-0.2, 0) is 0 Å². The second-order valence-electron chi connectivity index (χ2n) is 5.87. The number of rotatable bonds is 3. The third-order valence-electron chi connectivity index (χ3n) is 3.54. The molecule has 0 saturated carbocycles. The monoisotopic (exact) mass is 285 g/mol. The summed E-state index contributed by atoms with van der Waals surface area (Å²) in [5.41, 5.74) is 10.3. The van der Waals surface area contributed by atoms with Crippen molar-refractivity contribution in [1.29, 1.82) is 0 Å². The molecule has 0 spiro atoms. The average molecular weight is 285 g/mol. The van der Waals surface area contributed by atoms with Gasteiger partial charge in [0.15, 0.2) is 0 Å². The van der Waals surface area contributed by atoms with E-state index in [-0.39, 0.29) is 11.9 Å². The maximum Gasteiger partial charge on any atom is 0.274 e. The summed E-state index contributed by atoms with van der Waals surface area (Å²) in [5.74, 6) is -0.0506. The Balaban J connectivity index is 2.39. The lowest BCUT2D eigenvalue weighted by Gasteiger charge is -2.20. The fourth-order valence-electron chi connectivity index (χ4n) is 2.53. The molecule has 112 valence electrons. The molecule has 0 atom stereocenters. The molecule has 2 N–H and O–H groups in total. The third-order valence-corrected chi connectivity index (χ3v) is 3.54. The van der Waals surface area contributed by atoms with Crippen LogP contribution in [0.25, 0.3) is 0 Å². The van der Waals surface area contributed by atoms with Crippen molar-refractivity contribution in [3.05, 3.63) is 47.3 Å². The van der Waals surface area contributed by atoms with Crippen LogP contribution in [0.3, 0.4) is 0 Å². The number of aryl methyl sites for hydroxylation is 2. The second kappa shape index (κ2) is 5.64. The minimum atomic E-state index is -0.0506. The van der Waals surface area contributed by atoms with E-state index in [2.05, 4.69) is 6.07 Å². The van der Waals surface area contributed by atoms with E-state index in [9.17, 15) is 4.79 Å². The molecule has 1 aromatic heterocycles. The Morgan fingerprint density at radius 1 is 1.14 bits per heavy atom. The van der Waals surface area contributed by atoms with Gasteiger partial charge in [-0.2, -0.15) is 0 Å². The van der Waals surface area contributed by atoms with E-state index in [0.29, 0.717) is 11.4 Å². The van der Waals surface area contributed by atoms with Crippen LogP contribution in [-0.4, -0.2) is 17.5 Å². The highest BCUT2D eigenvalue weighted by Crippen LogP contribution is 2.22. The SMILES string of the molecule is Cc1cc(C)cc(N(C)C(=O)c2cc(N)cn2C(C)C)c1. The van der Waals surface area contributed by atoms with Crippen molar-refractivity contribution in [2.45, 2.75) is 33.7 Å². The number of hydrogen-bond acceptors (Lipinski definition) is 2. The Morgan fingerprint density at radius 2 is 1.71 bits per heavy atom. The summed E-state index contributed by atoms with van der Waals surface area (Å²) in [6.45, 7) is 8.13. The van der Waals surface area contributed by atoms with Gasteiger partial charge >= 0.3 is 0 Å². The van der Waals surface area contributed by atoms with Crippen molar-refractivity contribution in [1.82, 2.24) is 4.57 Å². The number of carbonyl (C=O) groups is 1. The predicted octanol–water partition coefficient (Wildman–Crippen LogP) is 3.54. The van der Waals surface area contributed by atoms with Crippen LogP contribution in [0.5, 0.6) is 0 Å². The van der Waals surface area contributed by atoms with Crippen LogP contribution in [0.4, 0.5) is 11.4 Å². The summed E-state index contributed by atoms with van der Waals surface area (Å²) in [6, 6.07) is 8.04. The van der Waals surface area contributed by atoms with Crippen molar-refractivity contribution in [2.24, 2.45) is 0 Å². The molecule has 0 radical (unpaired) electrons. The van der Waals surface area contributed by atoms with E-state index in [1.165, 1.54) is 0 Å². The van der Waals surface area contributed by atoms with Crippen LogP contribution in [0, 0.1) is 13.8 Å². The summed E-state index contributed by atoms with van der Waals surface area (Å²) in [6.07, 6.45) is 1.81. The highest BCUT2D eigenvalue weighted by molar-refractivity contribution is 6.05. The number of hydrogen-bond donors (Lipinski definition) is 1. The minimum Gasteiger partial charge on any atom is -0.397 e. The molecule has 2 aromatic rings. The van der Waals surface area contributed by atoms with Crippen LogP contribution in [0.1, 0.15) is 41.5 Å². The first-order chi connectivity index (χ1) is 9.79. The average Bonchev–Trinajstić information content (AvgIpc) is 2.78. The van der Waals surface area contributed by atoms with Gasteiger partial charge in [-0.25, -0.2) is 0 Å². The molecular formula is C17H23N3O. The first-order valence-electron chi connectivity index (χ1n) is 7.13. The topological polar surface area (TPSA) is 51.3 Å². The predicted molar refractivity (Wildman–Crippen MR) is 87.9 cm³/mol. The van der Waals surface area contributed by atoms with E-state index < -0.39 is 0 Å². The van der Waals surface area contributed by atoms with Crippen LogP contribution in [0.15, 0.2) is 30.5 Å². The smallest absolute Gasteiger partial charge is 0.274 e. The molecule has 21 heavy (non-hydrogen) atoms. The lowest BCUT2D eigenvalue weighted by Crippen LogP contribution is -2.28. The first kappa shape index (κ1) is 15.2. The Labute approximate surface area is 126 Å². The van der Waals surface area contributed by atoms with E-state index in [1.54, 1.807) is 18.0 Å². The van der Waals surface area contributed by atoms with Gasteiger partial charge in [-0.05, 0) is 57.0 Å². The van der Waals surface area contributed by atoms with E-state index in [1.807, 2.05) is 50.6 Å². The Hall–Kier alpha value is -2.23. The van der Waals surface area contributed by atoms with Gasteiger partial charge in [-0.1, -0.05) is 6.07 Å². The third kappa shape index (κ3) is 3.10. The number of nitrogen functional groups attached to an aromatic ring is 1. The molecule has 0 aliphatic heterocycles. The van der Waals surface area contributed by atoms with E-state index in [0.717, 1.165) is 16.8 Å². The number of anilines is 2. The van der Waals surface area contributed by atoms with Gasteiger partial charge in [-0.3, -0.25) is 4.79 Å².